The number of amides is 1. The number of hydrogen-bond donors (Lipinski definition) is 1. The highest BCUT2D eigenvalue weighted by Gasteiger charge is 2.40. The Morgan fingerprint density at radius 2 is 2.04 bits per heavy atom. The van der Waals surface area contributed by atoms with E-state index in [4.69, 9.17) is 9.15 Å². The number of rotatable bonds is 3. The van der Waals surface area contributed by atoms with Gasteiger partial charge in [0.1, 0.15) is 17.2 Å². The zero-order valence-electron chi connectivity index (χ0n) is 15.5. The van der Waals surface area contributed by atoms with Gasteiger partial charge < -0.3 is 14.5 Å². The summed E-state index contributed by atoms with van der Waals surface area (Å²) in [7, 11) is 0. The van der Waals surface area contributed by atoms with Crippen LogP contribution in [0.15, 0.2) is 27.1 Å². The molecule has 1 amide bonds. The topological polar surface area (TPSA) is 64.4 Å². The van der Waals surface area contributed by atoms with Crippen molar-refractivity contribution in [3.05, 3.63) is 28.6 Å². The Morgan fingerprint density at radius 1 is 1.37 bits per heavy atom. The summed E-state index contributed by atoms with van der Waals surface area (Å²) in [4.78, 5) is 16.8. The van der Waals surface area contributed by atoms with E-state index in [1.165, 1.54) is 0 Å². The number of aromatic nitrogens is 1. The minimum atomic E-state index is -2.65. The second kappa shape index (κ2) is 7.37. The first-order chi connectivity index (χ1) is 12.5. The van der Waals surface area contributed by atoms with Gasteiger partial charge in [-0.25, -0.2) is 18.6 Å². The molecule has 1 aliphatic rings. The molecule has 0 aliphatic heterocycles. The maximum absolute atomic E-state index is 13.6. The Hall–Kier alpha value is -1.70. The van der Waals surface area contributed by atoms with Gasteiger partial charge in [-0.3, -0.25) is 0 Å². The molecule has 0 unspecified atom stereocenters. The van der Waals surface area contributed by atoms with Gasteiger partial charge in [-0.05, 0) is 57.7 Å². The van der Waals surface area contributed by atoms with Gasteiger partial charge in [-0.2, -0.15) is 0 Å². The van der Waals surface area contributed by atoms with Crippen LogP contribution in [-0.4, -0.2) is 22.6 Å². The van der Waals surface area contributed by atoms with Crippen molar-refractivity contribution in [3.63, 3.8) is 0 Å². The van der Waals surface area contributed by atoms with Gasteiger partial charge in [0.15, 0.2) is 5.58 Å². The number of carbonyl (C=O) groups excluding carboxylic acids is 1. The third-order valence-electron chi connectivity index (χ3n) is 4.54. The Bertz CT molecular complexity index is 822. The van der Waals surface area contributed by atoms with Crippen LogP contribution in [0.25, 0.3) is 11.1 Å². The van der Waals surface area contributed by atoms with Crippen molar-refractivity contribution in [2.45, 2.75) is 64.0 Å². The SMILES string of the molecule is CC(C)(C)OC(=O)N[C@H](c1nc2cc(Br)ccc2o1)C1CCC(F)(F)CC1. The van der Waals surface area contributed by atoms with Crippen molar-refractivity contribution in [1.82, 2.24) is 10.3 Å². The van der Waals surface area contributed by atoms with Crippen molar-refractivity contribution in [3.8, 4) is 0 Å². The molecule has 0 spiro atoms. The molecule has 1 fully saturated rings. The molecule has 1 aromatic heterocycles. The number of oxazole rings is 1. The molecule has 148 valence electrons. The number of hydrogen-bond acceptors (Lipinski definition) is 4. The zero-order valence-corrected chi connectivity index (χ0v) is 17.1. The average molecular weight is 445 g/mol. The number of carbonyl (C=O) groups is 1. The fourth-order valence-electron chi connectivity index (χ4n) is 3.26. The lowest BCUT2D eigenvalue weighted by molar-refractivity contribution is -0.0509. The maximum atomic E-state index is 13.6. The summed E-state index contributed by atoms with van der Waals surface area (Å²) in [5.41, 5.74) is 0.544. The molecule has 1 saturated carbocycles. The van der Waals surface area contributed by atoms with Gasteiger partial charge in [0.2, 0.25) is 11.8 Å². The van der Waals surface area contributed by atoms with E-state index < -0.39 is 23.7 Å². The van der Waals surface area contributed by atoms with E-state index in [0.29, 0.717) is 17.0 Å². The first-order valence-corrected chi connectivity index (χ1v) is 9.75. The lowest BCUT2D eigenvalue weighted by Crippen LogP contribution is -2.40. The van der Waals surface area contributed by atoms with E-state index in [1.807, 2.05) is 12.1 Å². The molecule has 0 bridgehead atoms. The van der Waals surface area contributed by atoms with E-state index in [9.17, 15) is 13.6 Å². The van der Waals surface area contributed by atoms with E-state index in [-0.39, 0.29) is 31.6 Å². The highest BCUT2D eigenvalue weighted by Crippen LogP contribution is 2.41. The highest BCUT2D eigenvalue weighted by molar-refractivity contribution is 9.10. The average Bonchev–Trinajstić information content (AvgIpc) is 2.94. The lowest BCUT2D eigenvalue weighted by atomic mass is 9.82. The minimum Gasteiger partial charge on any atom is -0.444 e. The van der Waals surface area contributed by atoms with Crippen molar-refractivity contribution in [2.24, 2.45) is 5.92 Å². The van der Waals surface area contributed by atoms with Crippen LogP contribution in [0.1, 0.15) is 58.4 Å². The van der Waals surface area contributed by atoms with E-state index >= 15 is 0 Å². The first-order valence-electron chi connectivity index (χ1n) is 8.96. The standard InChI is InChI=1S/C19H23BrF2N2O3/c1-18(2,3)27-17(25)24-15(11-6-8-19(21,22)9-7-11)16-23-13-10-12(20)4-5-14(13)26-16/h4-5,10-11,15H,6-9H2,1-3H3,(H,24,25)/t15-/m0/s1. The number of nitrogens with zero attached hydrogens (tertiary/aromatic N) is 1. The molecule has 5 nitrogen and oxygen atoms in total. The molecular weight excluding hydrogens is 422 g/mol. The van der Waals surface area contributed by atoms with Crippen LogP contribution in [0.5, 0.6) is 0 Å². The van der Waals surface area contributed by atoms with Gasteiger partial charge in [0.25, 0.3) is 0 Å². The molecular formula is C19H23BrF2N2O3. The normalized spacial score (nSPS) is 19.0. The summed E-state index contributed by atoms with van der Waals surface area (Å²) in [6.07, 6.45) is -0.495. The van der Waals surface area contributed by atoms with Gasteiger partial charge in [0.05, 0.1) is 0 Å². The quantitative estimate of drug-likeness (QED) is 0.631. The van der Waals surface area contributed by atoms with E-state index in [1.54, 1.807) is 26.8 Å². The van der Waals surface area contributed by atoms with Crippen molar-refractivity contribution in [2.75, 3.05) is 0 Å². The number of fused-ring (bicyclic) bond motifs is 1. The molecule has 3 rings (SSSR count). The number of alkyl halides is 2. The molecule has 0 radical (unpaired) electrons. The largest absolute Gasteiger partial charge is 0.444 e. The third kappa shape index (κ3) is 5.18. The molecule has 1 aromatic carbocycles. The summed E-state index contributed by atoms with van der Waals surface area (Å²) < 4.78 is 39.2. The van der Waals surface area contributed by atoms with Crippen LogP contribution < -0.4 is 5.32 Å². The summed E-state index contributed by atoms with van der Waals surface area (Å²) in [5, 5.41) is 2.79. The second-order valence-electron chi connectivity index (χ2n) is 7.98. The van der Waals surface area contributed by atoms with Crippen LogP contribution in [0.2, 0.25) is 0 Å². The summed E-state index contributed by atoms with van der Waals surface area (Å²) >= 11 is 3.39. The number of ether oxygens (including phenoxy) is 1. The monoisotopic (exact) mass is 444 g/mol. The summed E-state index contributed by atoms with van der Waals surface area (Å²) in [6, 6.07) is 4.79. The lowest BCUT2D eigenvalue weighted by Gasteiger charge is -2.33. The predicted octanol–water partition coefficient (Wildman–Crippen LogP) is 5.98. The number of alkyl carbamates (subject to hydrolysis) is 1. The fourth-order valence-corrected chi connectivity index (χ4v) is 3.61. The van der Waals surface area contributed by atoms with Crippen LogP contribution in [0.4, 0.5) is 13.6 Å². The summed E-state index contributed by atoms with van der Waals surface area (Å²) in [6.45, 7) is 5.29. The van der Waals surface area contributed by atoms with Crippen molar-refractivity contribution < 1.29 is 22.7 Å². The number of nitrogens with one attached hydrogen (secondary N) is 1. The summed E-state index contributed by atoms with van der Waals surface area (Å²) in [5.74, 6) is -2.54. The van der Waals surface area contributed by atoms with Crippen LogP contribution in [0, 0.1) is 5.92 Å². The maximum Gasteiger partial charge on any atom is 0.408 e. The molecule has 27 heavy (non-hydrogen) atoms. The Morgan fingerprint density at radius 3 is 2.67 bits per heavy atom. The van der Waals surface area contributed by atoms with Gasteiger partial charge in [-0.1, -0.05) is 15.9 Å². The minimum absolute atomic E-state index is 0.200. The second-order valence-corrected chi connectivity index (χ2v) is 8.90. The van der Waals surface area contributed by atoms with Crippen LogP contribution in [0.3, 0.4) is 0 Å². The molecule has 0 saturated heterocycles. The Kier molecular flexibility index (Phi) is 5.47. The van der Waals surface area contributed by atoms with Crippen molar-refractivity contribution >= 4 is 33.1 Å². The number of halogens is 3. The highest BCUT2D eigenvalue weighted by atomic mass is 79.9. The zero-order chi connectivity index (χ0) is 19.8. The Balaban J connectivity index is 1.87. The molecule has 1 heterocycles. The molecule has 2 aromatic rings. The van der Waals surface area contributed by atoms with Gasteiger partial charge >= 0.3 is 6.09 Å². The van der Waals surface area contributed by atoms with E-state index in [0.717, 1.165) is 4.47 Å². The van der Waals surface area contributed by atoms with Crippen molar-refractivity contribution in [1.29, 1.82) is 0 Å². The molecule has 8 heteroatoms. The molecule has 1 atom stereocenters. The molecule has 1 N–H and O–H groups in total. The van der Waals surface area contributed by atoms with Gasteiger partial charge in [-0.15, -0.1) is 0 Å². The predicted molar refractivity (Wildman–Crippen MR) is 101 cm³/mol. The van der Waals surface area contributed by atoms with Crippen LogP contribution >= 0.6 is 15.9 Å². The smallest absolute Gasteiger partial charge is 0.408 e. The van der Waals surface area contributed by atoms with Crippen LogP contribution in [-0.2, 0) is 4.74 Å². The molecule has 1 aliphatic carbocycles. The van der Waals surface area contributed by atoms with Gasteiger partial charge in [0, 0.05) is 17.3 Å². The van der Waals surface area contributed by atoms with E-state index in [2.05, 4.69) is 26.2 Å². The third-order valence-corrected chi connectivity index (χ3v) is 5.03. The first kappa shape index (κ1) is 20.0. The Labute approximate surface area is 165 Å². The fraction of sp³-hybridized carbons (Fsp3) is 0.579. The number of benzene rings is 1.